The van der Waals surface area contributed by atoms with E-state index in [0.29, 0.717) is 19.1 Å². The molecule has 0 aliphatic carbocycles. The third-order valence-corrected chi connectivity index (χ3v) is 4.34. The van der Waals surface area contributed by atoms with E-state index in [-0.39, 0.29) is 49.2 Å². The van der Waals surface area contributed by atoms with Crippen molar-refractivity contribution in [1.82, 2.24) is 20.4 Å². The number of nitrogens with one attached hydrogen (secondary N) is 2. The monoisotopic (exact) mass is 406 g/mol. The van der Waals surface area contributed by atoms with Gasteiger partial charge in [0.1, 0.15) is 6.04 Å². The number of halogens is 3. The third kappa shape index (κ3) is 9.04. The third-order valence-electron chi connectivity index (χ3n) is 4.34. The molecule has 2 rings (SSSR count). The van der Waals surface area contributed by atoms with E-state index in [0.717, 1.165) is 39.3 Å². The van der Waals surface area contributed by atoms with Crippen LogP contribution in [0.5, 0.6) is 0 Å². The first kappa shape index (κ1) is 26.4. The predicted molar refractivity (Wildman–Crippen MR) is 105 cm³/mol. The average Bonchev–Trinajstić information content (AvgIpc) is 2.54. The van der Waals surface area contributed by atoms with E-state index in [1.165, 1.54) is 13.1 Å². The molecule has 2 saturated heterocycles. The number of ether oxygens (including phenoxy) is 1. The second-order valence-corrected chi connectivity index (χ2v) is 6.17. The molecule has 2 atom stereocenters. The molecule has 1 amide bonds. The summed E-state index contributed by atoms with van der Waals surface area (Å²) < 4.78 is 5.32. The van der Waals surface area contributed by atoms with Crippen molar-refractivity contribution in [3.05, 3.63) is 0 Å². The molecule has 2 unspecified atom stereocenters. The lowest BCUT2D eigenvalue weighted by Gasteiger charge is -2.35. The Balaban J connectivity index is 0. The molecule has 146 valence electrons. The molecule has 0 radical (unpaired) electrons. The van der Waals surface area contributed by atoms with Crippen LogP contribution in [0.1, 0.15) is 13.8 Å². The van der Waals surface area contributed by atoms with E-state index in [9.17, 15) is 4.79 Å². The fourth-order valence-electron chi connectivity index (χ4n) is 2.93. The van der Waals surface area contributed by atoms with Crippen LogP contribution in [0.25, 0.3) is 0 Å². The number of hydrogen-bond donors (Lipinski definition) is 2. The van der Waals surface area contributed by atoms with E-state index < -0.39 is 0 Å². The summed E-state index contributed by atoms with van der Waals surface area (Å²) in [6.07, 6.45) is 0. The summed E-state index contributed by atoms with van der Waals surface area (Å²) in [6.45, 7) is 13.9. The zero-order valence-corrected chi connectivity index (χ0v) is 17.1. The Morgan fingerprint density at radius 2 is 1.83 bits per heavy atom. The van der Waals surface area contributed by atoms with Crippen LogP contribution in [-0.2, 0) is 9.53 Å². The Morgan fingerprint density at radius 1 is 1.21 bits per heavy atom. The Labute approximate surface area is 164 Å². The van der Waals surface area contributed by atoms with Gasteiger partial charge in [0.15, 0.2) is 0 Å². The number of piperazine rings is 1. The van der Waals surface area contributed by atoms with Crippen molar-refractivity contribution in [1.29, 1.82) is 0 Å². The topological polar surface area (TPSA) is 56.8 Å². The number of carbonyl (C=O) groups excluding carboxylic acids is 1. The summed E-state index contributed by atoms with van der Waals surface area (Å²) in [7, 11) is 0. The van der Waals surface area contributed by atoms with Crippen LogP contribution in [0.2, 0.25) is 0 Å². The normalized spacial score (nSPS) is 23.2. The molecule has 0 aromatic heterocycles. The molecular formula is C15H33Cl3N4O2. The molecule has 2 aliphatic heterocycles. The van der Waals surface area contributed by atoms with Crippen molar-refractivity contribution in [2.75, 3.05) is 65.6 Å². The van der Waals surface area contributed by atoms with Gasteiger partial charge in [-0.25, -0.2) is 0 Å². The number of nitrogens with zero attached hydrogens (tertiary/aromatic N) is 2. The second kappa shape index (κ2) is 14.4. The van der Waals surface area contributed by atoms with Crippen LogP contribution in [-0.4, -0.2) is 87.3 Å². The maximum atomic E-state index is 12.0. The molecule has 0 spiro atoms. The highest BCUT2D eigenvalue weighted by Gasteiger charge is 2.22. The van der Waals surface area contributed by atoms with Gasteiger partial charge in [-0.1, -0.05) is 13.8 Å². The van der Waals surface area contributed by atoms with Gasteiger partial charge in [0, 0.05) is 45.8 Å². The van der Waals surface area contributed by atoms with Crippen molar-refractivity contribution in [3.63, 3.8) is 0 Å². The SMILES string of the molecule is CCN1CCN(CC(C)CNC(=O)C2COCCN2)CC1.Cl.Cl.Cl. The fraction of sp³-hybridized carbons (Fsp3) is 0.933. The minimum Gasteiger partial charge on any atom is -0.378 e. The number of rotatable bonds is 6. The molecule has 0 saturated carbocycles. The summed E-state index contributed by atoms with van der Waals surface area (Å²) in [5, 5.41) is 6.23. The van der Waals surface area contributed by atoms with Gasteiger partial charge in [0.25, 0.3) is 0 Å². The van der Waals surface area contributed by atoms with Crippen LogP contribution in [0.4, 0.5) is 0 Å². The molecule has 9 heteroatoms. The highest BCUT2D eigenvalue weighted by Crippen LogP contribution is 2.05. The number of amides is 1. The molecule has 0 aromatic carbocycles. The predicted octanol–water partition coefficient (Wildman–Crippen LogP) is 0.630. The number of hydrogen-bond acceptors (Lipinski definition) is 5. The Morgan fingerprint density at radius 3 is 2.38 bits per heavy atom. The molecule has 2 fully saturated rings. The Kier molecular flexibility index (Phi) is 15.8. The van der Waals surface area contributed by atoms with Gasteiger partial charge < -0.3 is 25.2 Å². The van der Waals surface area contributed by atoms with Crippen LogP contribution in [0.3, 0.4) is 0 Å². The fourth-order valence-corrected chi connectivity index (χ4v) is 2.93. The van der Waals surface area contributed by atoms with Gasteiger partial charge in [0.05, 0.1) is 13.2 Å². The van der Waals surface area contributed by atoms with Crippen molar-refractivity contribution in [2.24, 2.45) is 5.92 Å². The first-order valence-electron chi connectivity index (χ1n) is 8.22. The number of carbonyl (C=O) groups is 1. The maximum absolute atomic E-state index is 12.0. The highest BCUT2D eigenvalue weighted by molar-refractivity contribution is 5.86. The van der Waals surface area contributed by atoms with Crippen LogP contribution < -0.4 is 10.6 Å². The molecule has 2 N–H and O–H groups in total. The lowest BCUT2D eigenvalue weighted by Crippen LogP contribution is -2.52. The molecule has 6 nitrogen and oxygen atoms in total. The lowest BCUT2D eigenvalue weighted by atomic mass is 10.1. The minimum atomic E-state index is -0.181. The van der Waals surface area contributed by atoms with Gasteiger partial charge in [-0.3, -0.25) is 4.79 Å². The van der Waals surface area contributed by atoms with Crippen LogP contribution in [0.15, 0.2) is 0 Å². The Hall–Kier alpha value is 0.180. The summed E-state index contributed by atoms with van der Waals surface area (Å²) in [5.74, 6) is 0.545. The summed E-state index contributed by atoms with van der Waals surface area (Å²) in [4.78, 5) is 17.0. The van der Waals surface area contributed by atoms with Gasteiger partial charge in [-0.2, -0.15) is 0 Å². The van der Waals surface area contributed by atoms with E-state index in [4.69, 9.17) is 4.74 Å². The maximum Gasteiger partial charge on any atom is 0.239 e. The molecule has 0 bridgehead atoms. The first-order chi connectivity index (χ1) is 10.2. The van der Waals surface area contributed by atoms with Gasteiger partial charge in [0.2, 0.25) is 5.91 Å². The molecule has 2 aliphatic rings. The van der Waals surface area contributed by atoms with Crippen LogP contribution >= 0.6 is 37.2 Å². The number of morpholine rings is 1. The zero-order chi connectivity index (χ0) is 15.1. The van der Waals surface area contributed by atoms with E-state index in [2.05, 4.69) is 34.3 Å². The van der Waals surface area contributed by atoms with Crippen LogP contribution in [0, 0.1) is 5.92 Å². The zero-order valence-electron chi connectivity index (χ0n) is 14.7. The van der Waals surface area contributed by atoms with Gasteiger partial charge >= 0.3 is 0 Å². The molecule has 0 aromatic rings. The molecule has 2 heterocycles. The van der Waals surface area contributed by atoms with Gasteiger partial charge in [-0.15, -0.1) is 37.2 Å². The van der Waals surface area contributed by atoms with E-state index >= 15 is 0 Å². The largest absolute Gasteiger partial charge is 0.378 e. The standard InChI is InChI=1S/C15H30N4O2.3ClH/c1-3-18-5-7-19(8-6-18)11-13(2)10-17-15(20)14-12-21-9-4-16-14;;;/h13-14,16H,3-12H2,1-2H3,(H,17,20);3*1H. The number of likely N-dealkylation sites (N-methyl/N-ethyl adjacent to an activating group) is 1. The van der Waals surface area contributed by atoms with Crippen molar-refractivity contribution in [3.8, 4) is 0 Å². The molecule has 24 heavy (non-hydrogen) atoms. The molecular weight excluding hydrogens is 375 g/mol. The summed E-state index contributed by atoms with van der Waals surface area (Å²) >= 11 is 0. The van der Waals surface area contributed by atoms with Crippen molar-refractivity contribution < 1.29 is 9.53 Å². The summed E-state index contributed by atoms with van der Waals surface area (Å²) in [6, 6.07) is -0.181. The quantitative estimate of drug-likeness (QED) is 0.676. The lowest BCUT2D eigenvalue weighted by molar-refractivity contribution is -0.126. The van der Waals surface area contributed by atoms with E-state index in [1.807, 2.05) is 0 Å². The van der Waals surface area contributed by atoms with E-state index in [1.54, 1.807) is 0 Å². The van der Waals surface area contributed by atoms with Crippen molar-refractivity contribution >= 4 is 43.1 Å². The smallest absolute Gasteiger partial charge is 0.239 e. The van der Waals surface area contributed by atoms with Crippen molar-refractivity contribution in [2.45, 2.75) is 19.9 Å². The van der Waals surface area contributed by atoms with Gasteiger partial charge in [-0.05, 0) is 12.5 Å². The highest BCUT2D eigenvalue weighted by atomic mass is 35.5. The Bertz CT molecular complexity index is 326. The second-order valence-electron chi connectivity index (χ2n) is 6.17. The minimum absolute atomic E-state index is 0. The summed E-state index contributed by atoms with van der Waals surface area (Å²) in [5.41, 5.74) is 0. The first-order valence-corrected chi connectivity index (χ1v) is 8.22. The average molecular weight is 408 g/mol.